The first kappa shape index (κ1) is 14.2. The highest BCUT2D eigenvalue weighted by Crippen LogP contribution is 2.20. The van der Waals surface area contributed by atoms with E-state index in [0.29, 0.717) is 6.04 Å². The molecule has 0 amide bonds. The largest absolute Gasteiger partial charge is 0.310 e. The lowest BCUT2D eigenvalue weighted by Gasteiger charge is -2.09. The zero-order chi connectivity index (χ0) is 14.8. The molecule has 0 saturated heterocycles. The van der Waals surface area contributed by atoms with Gasteiger partial charge >= 0.3 is 0 Å². The Morgan fingerprint density at radius 2 is 2.00 bits per heavy atom. The second-order valence-corrected chi connectivity index (χ2v) is 5.69. The molecule has 21 heavy (non-hydrogen) atoms. The summed E-state index contributed by atoms with van der Waals surface area (Å²) in [6.45, 7) is 7.12. The number of nitrogens with zero attached hydrogens (tertiary/aromatic N) is 4. The van der Waals surface area contributed by atoms with E-state index in [2.05, 4.69) is 46.4 Å². The van der Waals surface area contributed by atoms with Crippen LogP contribution in [-0.2, 0) is 19.4 Å². The van der Waals surface area contributed by atoms with Crippen LogP contribution in [0.15, 0.2) is 12.1 Å². The molecule has 5 heteroatoms. The van der Waals surface area contributed by atoms with Gasteiger partial charge in [0.1, 0.15) is 5.82 Å². The molecular formula is C16H23N5. The van der Waals surface area contributed by atoms with Crippen LogP contribution in [0.2, 0.25) is 0 Å². The number of hydrogen-bond donors (Lipinski definition) is 1. The molecule has 2 heterocycles. The third kappa shape index (κ3) is 3.29. The smallest absolute Gasteiger partial charge is 0.156 e. The summed E-state index contributed by atoms with van der Waals surface area (Å²) in [5.74, 6) is 2.74. The molecule has 112 valence electrons. The van der Waals surface area contributed by atoms with Crippen molar-refractivity contribution in [3.8, 4) is 5.82 Å². The molecule has 5 nitrogen and oxygen atoms in total. The number of nitrogens with one attached hydrogen (secondary N) is 1. The maximum absolute atomic E-state index is 4.64. The molecule has 0 unspecified atom stereocenters. The van der Waals surface area contributed by atoms with Crippen LogP contribution in [0.5, 0.6) is 0 Å². The van der Waals surface area contributed by atoms with Crippen LogP contribution in [0.25, 0.3) is 5.82 Å². The molecule has 0 aliphatic heterocycles. The fourth-order valence-corrected chi connectivity index (χ4v) is 2.44. The highest BCUT2D eigenvalue weighted by atomic mass is 15.4. The fourth-order valence-electron chi connectivity index (χ4n) is 2.44. The summed E-state index contributed by atoms with van der Waals surface area (Å²) >= 11 is 0. The van der Waals surface area contributed by atoms with Crippen LogP contribution in [0, 0.1) is 6.92 Å². The first-order chi connectivity index (χ1) is 10.2. The molecule has 1 N–H and O–H groups in total. The summed E-state index contributed by atoms with van der Waals surface area (Å²) in [7, 11) is 0. The maximum atomic E-state index is 4.64. The van der Waals surface area contributed by atoms with E-state index >= 15 is 0 Å². The lowest BCUT2D eigenvalue weighted by Crippen LogP contribution is -2.16. The van der Waals surface area contributed by atoms with Gasteiger partial charge in [-0.1, -0.05) is 13.8 Å². The molecule has 0 spiro atoms. The van der Waals surface area contributed by atoms with E-state index in [1.165, 1.54) is 18.4 Å². The Morgan fingerprint density at radius 3 is 2.67 bits per heavy atom. The monoisotopic (exact) mass is 285 g/mol. The number of pyridine rings is 1. The van der Waals surface area contributed by atoms with Crippen molar-refractivity contribution in [1.29, 1.82) is 0 Å². The molecule has 0 atom stereocenters. The topological polar surface area (TPSA) is 55.6 Å². The molecule has 0 aromatic carbocycles. The molecular weight excluding hydrogens is 262 g/mol. The Balaban J connectivity index is 1.91. The Labute approximate surface area is 125 Å². The maximum Gasteiger partial charge on any atom is 0.156 e. The molecule has 2 aromatic heterocycles. The van der Waals surface area contributed by atoms with Crippen molar-refractivity contribution in [3.63, 3.8) is 0 Å². The van der Waals surface area contributed by atoms with Gasteiger partial charge in [0.15, 0.2) is 11.6 Å². The minimum absolute atomic E-state index is 0.714. The zero-order valence-corrected chi connectivity index (χ0v) is 13.1. The Kier molecular flexibility index (Phi) is 4.01. The summed E-state index contributed by atoms with van der Waals surface area (Å²) in [5, 5.41) is 8.13. The molecule has 1 aliphatic carbocycles. The van der Waals surface area contributed by atoms with Gasteiger partial charge in [-0.2, -0.15) is 4.68 Å². The van der Waals surface area contributed by atoms with E-state index in [-0.39, 0.29) is 0 Å². The zero-order valence-electron chi connectivity index (χ0n) is 13.1. The van der Waals surface area contributed by atoms with Crippen LogP contribution in [0.3, 0.4) is 0 Å². The fraction of sp³-hybridized carbons (Fsp3) is 0.562. The van der Waals surface area contributed by atoms with Crippen LogP contribution >= 0.6 is 0 Å². The summed E-state index contributed by atoms with van der Waals surface area (Å²) in [4.78, 5) is 9.20. The van der Waals surface area contributed by atoms with E-state index in [4.69, 9.17) is 0 Å². The number of rotatable bonds is 6. The van der Waals surface area contributed by atoms with E-state index in [1.54, 1.807) is 0 Å². The molecule has 2 aromatic rings. The highest BCUT2D eigenvalue weighted by Gasteiger charge is 2.20. The predicted molar refractivity (Wildman–Crippen MR) is 82.5 cm³/mol. The average molecular weight is 285 g/mol. The first-order valence-electron chi connectivity index (χ1n) is 7.85. The van der Waals surface area contributed by atoms with Gasteiger partial charge in [0.2, 0.25) is 0 Å². The summed E-state index contributed by atoms with van der Waals surface area (Å²) in [6.07, 6.45) is 4.32. The van der Waals surface area contributed by atoms with Gasteiger partial charge in [-0.05, 0) is 37.5 Å². The molecule has 0 bridgehead atoms. The minimum Gasteiger partial charge on any atom is -0.310 e. The SMILES string of the molecule is CCc1nc(CC)n(-c2cc(CNC3CC3)cc(C)n2)n1. The number of aromatic nitrogens is 4. The second kappa shape index (κ2) is 5.93. The van der Waals surface area contributed by atoms with Gasteiger partial charge in [-0.3, -0.25) is 0 Å². The van der Waals surface area contributed by atoms with Crippen molar-refractivity contribution in [2.45, 2.75) is 59.0 Å². The Hall–Kier alpha value is -1.75. The second-order valence-electron chi connectivity index (χ2n) is 5.69. The van der Waals surface area contributed by atoms with Crippen LogP contribution in [0.4, 0.5) is 0 Å². The summed E-state index contributed by atoms with van der Waals surface area (Å²) in [6, 6.07) is 4.98. The van der Waals surface area contributed by atoms with E-state index < -0.39 is 0 Å². The highest BCUT2D eigenvalue weighted by molar-refractivity contribution is 5.31. The minimum atomic E-state index is 0.714. The van der Waals surface area contributed by atoms with Gasteiger partial charge in [0.25, 0.3) is 0 Å². The van der Waals surface area contributed by atoms with Crippen molar-refractivity contribution >= 4 is 0 Å². The quantitative estimate of drug-likeness (QED) is 0.885. The normalized spacial score (nSPS) is 14.6. The van der Waals surface area contributed by atoms with Gasteiger partial charge in [0.05, 0.1) is 0 Å². The molecule has 0 radical (unpaired) electrons. The predicted octanol–water partition coefficient (Wildman–Crippen LogP) is 2.35. The van der Waals surface area contributed by atoms with Crippen molar-refractivity contribution in [3.05, 3.63) is 35.0 Å². The van der Waals surface area contributed by atoms with Crippen molar-refractivity contribution in [2.24, 2.45) is 0 Å². The van der Waals surface area contributed by atoms with Crippen LogP contribution in [-0.4, -0.2) is 25.8 Å². The van der Waals surface area contributed by atoms with Gasteiger partial charge in [-0.25, -0.2) is 9.97 Å². The van der Waals surface area contributed by atoms with E-state index in [9.17, 15) is 0 Å². The van der Waals surface area contributed by atoms with Gasteiger partial charge < -0.3 is 5.32 Å². The average Bonchev–Trinajstić information content (AvgIpc) is 3.21. The van der Waals surface area contributed by atoms with Gasteiger partial charge in [-0.15, -0.1) is 5.10 Å². The molecule has 1 fully saturated rings. The van der Waals surface area contributed by atoms with Crippen LogP contribution in [0.1, 0.15) is 49.6 Å². The summed E-state index contributed by atoms with van der Waals surface area (Å²) < 4.78 is 1.90. The van der Waals surface area contributed by atoms with Crippen molar-refractivity contribution in [1.82, 2.24) is 25.1 Å². The van der Waals surface area contributed by atoms with Crippen molar-refractivity contribution in [2.75, 3.05) is 0 Å². The number of aryl methyl sites for hydroxylation is 3. The third-order valence-corrected chi connectivity index (χ3v) is 3.74. The van der Waals surface area contributed by atoms with Crippen molar-refractivity contribution < 1.29 is 0 Å². The van der Waals surface area contributed by atoms with Crippen LogP contribution < -0.4 is 5.32 Å². The lowest BCUT2D eigenvalue weighted by molar-refractivity contribution is 0.683. The van der Waals surface area contributed by atoms with E-state index in [0.717, 1.165) is 42.5 Å². The standard InChI is InChI=1S/C16H23N5/c1-4-14-19-15(5-2)21(20-14)16-9-12(8-11(3)18-16)10-17-13-6-7-13/h8-9,13,17H,4-7,10H2,1-3H3. The molecule has 3 rings (SSSR count). The Bertz CT molecular complexity index is 628. The third-order valence-electron chi connectivity index (χ3n) is 3.74. The number of hydrogen-bond acceptors (Lipinski definition) is 4. The van der Waals surface area contributed by atoms with Gasteiger partial charge in [0, 0.05) is 31.1 Å². The first-order valence-corrected chi connectivity index (χ1v) is 7.85. The Morgan fingerprint density at radius 1 is 1.19 bits per heavy atom. The van der Waals surface area contributed by atoms with E-state index in [1.807, 2.05) is 11.6 Å². The molecule has 1 aliphatic rings. The molecule has 1 saturated carbocycles. The lowest BCUT2D eigenvalue weighted by atomic mass is 10.2. The summed E-state index contributed by atoms with van der Waals surface area (Å²) in [5.41, 5.74) is 2.29.